The molecule has 1 aromatic heterocycles. The largest absolute Gasteiger partial charge is 0.317 e. The van der Waals surface area contributed by atoms with Crippen LogP contribution in [0.1, 0.15) is 30.3 Å². The van der Waals surface area contributed by atoms with Gasteiger partial charge in [0, 0.05) is 0 Å². The van der Waals surface area contributed by atoms with Gasteiger partial charge in [-0.3, -0.25) is 0 Å². The molecular weight excluding hydrogens is 240 g/mol. The molecule has 2 heterocycles. The third kappa shape index (κ3) is 2.57. The Morgan fingerprint density at radius 3 is 2.94 bits per heavy atom. The lowest BCUT2D eigenvalue weighted by Gasteiger charge is -2.22. The highest BCUT2D eigenvalue weighted by Crippen LogP contribution is 2.26. The maximum Gasteiger partial charge on any atom is 0.0935 e. The van der Waals surface area contributed by atoms with Gasteiger partial charge < -0.3 is 5.32 Å². The summed E-state index contributed by atoms with van der Waals surface area (Å²) in [6.45, 7) is 4.55. The lowest BCUT2D eigenvalue weighted by atomic mass is 9.91. The number of hydrogen-bond donors (Lipinski definition) is 1. The van der Waals surface area contributed by atoms with Crippen molar-refractivity contribution in [1.29, 1.82) is 0 Å². The summed E-state index contributed by atoms with van der Waals surface area (Å²) in [5.74, 6) is 0.863. The molecule has 0 saturated carbocycles. The Hall–Kier alpha value is -0.930. The maximum atomic E-state index is 4.63. The van der Waals surface area contributed by atoms with Gasteiger partial charge in [0.1, 0.15) is 0 Å². The molecule has 1 saturated heterocycles. The normalized spacial score (nSPS) is 17.4. The maximum absolute atomic E-state index is 4.63. The van der Waals surface area contributed by atoms with E-state index in [0.717, 1.165) is 12.3 Å². The van der Waals surface area contributed by atoms with Gasteiger partial charge in [0.2, 0.25) is 0 Å². The number of nitrogens with one attached hydrogen (secondary N) is 1. The summed E-state index contributed by atoms with van der Waals surface area (Å²) in [4.78, 5) is 4.63. The first-order valence-electron chi connectivity index (χ1n) is 6.94. The molecule has 0 spiro atoms. The van der Waals surface area contributed by atoms with Crippen molar-refractivity contribution in [3.8, 4) is 0 Å². The lowest BCUT2D eigenvalue weighted by molar-refractivity contribution is 0.373. The Morgan fingerprint density at radius 2 is 2.17 bits per heavy atom. The molecule has 3 heteroatoms. The van der Waals surface area contributed by atoms with Gasteiger partial charge in [-0.05, 0) is 62.4 Å². The molecule has 0 aliphatic carbocycles. The fraction of sp³-hybridized carbons (Fsp3) is 0.533. The van der Waals surface area contributed by atoms with Gasteiger partial charge in [-0.25, -0.2) is 4.98 Å². The molecule has 3 rings (SSSR count). The summed E-state index contributed by atoms with van der Waals surface area (Å²) in [6.07, 6.45) is 4.92. The van der Waals surface area contributed by atoms with Gasteiger partial charge in [-0.15, -0.1) is 11.3 Å². The average Bonchev–Trinajstić information content (AvgIpc) is 2.82. The van der Waals surface area contributed by atoms with Crippen LogP contribution in [0.3, 0.4) is 0 Å². The van der Waals surface area contributed by atoms with Crippen LogP contribution < -0.4 is 5.32 Å². The third-order valence-electron chi connectivity index (χ3n) is 3.78. The standard InChI is InChI=1S/C15H20N2S/c1-2-15-17-13-4-3-12(10-14(13)18-15)9-11-5-7-16-8-6-11/h3-4,10-11,16H,2,5-9H2,1H3. The first kappa shape index (κ1) is 12.1. The van der Waals surface area contributed by atoms with Crippen LogP contribution in [0.25, 0.3) is 10.2 Å². The Morgan fingerprint density at radius 1 is 1.33 bits per heavy atom. The van der Waals surface area contributed by atoms with Crippen LogP contribution in [0.4, 0.5) is 0 Å². The monoisotopic (exact) mass is 260 g/mol. The van der Waals surface area contributed by atoms with Crippen LogP contribution in [0, 0.1) is 5.92 Å². The molecule has 1 aliphatic heterocycles. The van der Waals surface area contributed by atoms with E-state index in [1.54, 1.807) is 0 Å². The van der Waals surface area contributed by atoms with Crippen LogP contribution in [0.15, 0.2) is 18.2 Å². The number of hydrogen-bond acceptors (Lipinski definition) is 3. The number of benzene rings is 1. The van der Waals surface area contributed by atoms with E-state index in [1.807, 2.05) is 11.3 Å². The molecule has 1 N–H and O–H groups in total. The van der Waals surface area contributed by atoms with Crippen molar-refractivity contribution >= 4 is 21.6 Å². The zero-order valence-corrected chi connectivity index (χ0v) is 11.7. The van der Waals surface area contributed by atoms with Crippen LogP contribution in [-0.2, 0) is 12.8 Å². The Kier molecular flexibility index (Phi) is 3.62. The molecule has 2 aromatic rings. The molecular formula is C15H20N2S. The minimum atomic E-state index is 0.863. The highest BCUT2D eigenvalue weighted by Gasteiger charge is 2.14. The summed E-state index contributed by atoms with van der Waals surface area (Å²) in [5, 5.41) is 4.69. The molecule has 0 bridgehead atoms. The minimum Gasteiger partial charge on any atom is -0.317 e. The highest BCUT2D eigenvalue weighted by atomic mass is 32.1. The first-order chi connectivity index (χ1) is 8.85. The van der Waals surface area contributed by atoms with Crippen molar-refractivity contribution in [2.75, 3.05) is 13.1 Å². The number of thiazole rings is 1. The average molecular weight is 260 g/mol. The van der Waals surface area contributed by atoms with Crippen LogP contribution in [0.2, 0.25) is 0 Å². The van der Waals surface area contributed by atoms with Gasteiger partial charge in [0.05, 0.1) is 15.2 Å². The van der Waals surface area contributed by atoms with Crippen molar-refractivity contribution in [3.63, 3.8) is 0 Å². The molecule has 2 nitrogen and oxygen atoms in total. The second-order valence-corrected chi connectivity index (χ2v) is 6.28. The molecule has 1 aromatic carbocycles. The molecule has 0 amide bonds. The fourth-order valence-electron chi connectivity index (χ4n) is 2.71. The van der Waals surface area contributed by atoms with Crippen molar-refractivity contribution in [1.82, 2.24) is 10.3 Å². The molecule has 0 atom stereocenters. The topological polar surface area (TPSA) is 24.9 Å². The van der Waals surface area contributed by atoms with Gasteiger partial charge in [-0.1, -0.05) is 13.0 Å². The Bertz CT molecular complexity index is 526. The molecule has 0 radical (unpaired) electrons. The molecule has 96 valence electrons. The predicted molar refractivity (Wildman–Crippen MR) is 78.3 cm³/mol. The fourth-order valence-corrected chi connectivity index (χ4v) is 3.68. The van der Waals surface area contributed by atoms with Crippen molar-refractivity contribution < 1.29 is 0 Å². The summed E-state index contributed by atoms with van der Waals surface area (Å²) in [7, 11) is 0. The summed E-state index contributed by atoms with van der Waals surface area (Å²) in [5.41, 5.74) is 2.66. The second kappa shape index (κ2) is 5.37. The van der Waals surface area contributed by atoms with Gasteiger partial charge in [0.25, 0.3) is 0 Å². The van der Waals surface area contributed by atoms with Crippen LogP contribution in [-0.4, -0.2) is 18.1 Å². The van der Waals surface area contributed by atoms with Gasteiger partial charge >= 0.3 is 0 Å². The minimum absolute atomic E-state index is 0.863. The van der Waals surface area contributed by atoms with E-state index in [1.165, 1.54) is 53.1 Å². The number of nitrogens with zero attached hydrogens (tertiary/aromatic N) is 1. The zero-order valence-electron chi connectivity index (χ0n) is 10.9. The van der Waals surface area contributed by atoms with Crippen molar-refractivity contribution in [2.45, 2.75) is 32.6 Å². The van der Waals surface area contributed by atoms with Gasteiger partial charge in [0.15, 0.2) is 0 Å². The lowest BCUT2D eigenvalue weighted by Crippen LogP contribution is -2.28. The Balaban J connectivity index is 1.79. The zero-order chi connectivity index (χ0) is 12.4. The highest BCUT2D eigenvalue weighted by molar-refractivity contribution is 7.18. The second-order valence-electron chi connectivity index (χ2n) is 5.16. The van der Waals surface area contributed by atoms with Crippen LogP contribution >= 0.6 is 11.3 Å². The molecule has 1 fully saturated rings. The molecule has 18 heavy (non-hydrogen) atoms. The summed E-state index contributed by atoms with van der Waals surface area (Å²) in [6, 6.07) is 6.82. The van der Waals surface area contributed by atoms with E-state index in [-0.39, 0.29) is 0 Å². The van der Waals surface area contributed by atoms with E-state index in [4.69, 9.17) is 0 Å². The quantitative estimate of drug-likeness (QED) is 0.915. The third-order valence-corrected chi connectivity index (χ3v) is 4.95. The van der Waals surface area contributed by atoms with E-state index >= 15 is 0 Å². The first-order valence-corrected chi connectivity index (χ1v) is 7.76. The number of piperidine rings is 1. The number of rotatable bonds is 3. The van der Waals surface area contributed by atoms with E-state index < -0.39 is 0 Å². The van der Waals surface area contributed by atoms with E-state index in [9.17, 15) is 0 Å². The number of aromatic nitrogens is 1. The predicted octanol–water partition coefficient (Wildman–Crippen LogP) is 3.40. The van der Waals surface area contributed by atoms with Crippen LogP contribution in [0.5, 0.6) is 0 Å². The summed E-state index contributed by atoms with van der Waals surface area (Å²) < 4.78 is 1.36. The summed E-state index contributed by atoms with van der Waals surface area (Å²) >= 11 is 1.85. The van der Waals surface area contributed by atoms with Gasteiger partial charge in [-0.2, -0.15) is 0 Å². The van der Waals surface area contributed by atoms with E-state index in [0.29, 0.717) is 0 Å². The Labute approximate surface area is 112 Å². The SMILES string of the molecule is CCc1nc2ccc(CC3CCNCC3)cc2s1. The van der Waals surface area contributed by atoms with Crippen molar-refractivity contribution in [2.24, 2.45) is 5.92 Å². The molecule has 0 unspecified atom stereocenters. The number of fused-ring (bicyclic) bond motifs is 1. The number of aryl methyl sites for hydroxylation is 1. The molecule has 1 aliphatic rings. The van der Waals surface area contributed by atoms with E-state index in [2.05, 4.69) is 35.4 Å². The van der Waals surface area contributed by atoms with Crippen molar-refractivity contribution in [3.05, 3.63) is 28.8 Å². The smallest absolute Gasteiger partial charge is 0.0935 e.